The number of aromatic amines is 1. The van der Waals surface area contributed by atoms with Crippen molar-refractivity contribution in [3.8, 4) is 0 Å². The number of nitrogens with one attached hydrogen (secondary N) is 1. The van der Waals surface area contributed by atoms with Gasteiger partial charge in [-0.3, -0.25) is 19.1 Å². The number of aromatic nitrogens is 2. The van der Waals surface area contributed by atoms with Crippen LogP contribution in [0.15, 0.2) is 15.8 Å². The van der Waals surface area contributed by atoms with Gasteiger partial charge in [0.25, 0.3) is 5.56 Å². The van der Waals surface area contributed by atoms with Gasteiger partial charge >= 0.3 is 11.7 Å². The number of rotatable bonds is 8. The van der Waals surface area contributed by atoms with E-state index in [4.69, 9.17) is 18.9 Å². The molecule has 27 heavy (non-hydrogen) atoms. The highest BCUT2D eigenvalue weighted by atomic mass is 16.6. The minimum absolute atomic E-state index is 0.182. The average Bonchev–Trinajstić information content (AvgIpc) is 2.87. The van der Waals surface area contributed by atoms with E-state index in [9.17, 15) is 19.5 Å². The van der Waals surface area contributed by atoms with Gasteiger partial charge < -0.3 is 24.1 Å². The van der Waals surface area contributed by atoms with Crippen LogP contribution in [0.3, 0.4) is 0 Å². The summed E-state index contributed by atoms with van der Waals surface area (Å²) in [5.74, 6) is -0.438. The Morgan fingerprint density at radius 1 is 1.41 bits per heavy atom. The summed E-state index contributed by atoms with van der Waals surface area (Å²) < 4.78 is 22.8. The lowest BCUT2D eigenvalue weighted by atomic mass is 10.0. The predicted octanol–water partition coefficient (Wildman–Crippen LogP) is -0.523. The van der Waals surface area contributed by atoms with Crippen molar-refractivity contribution < 1.29 is 28.8 Å². The number of aliphatic hydroxyl groups is 1. The Bertz CT molecular complexity index is 758. The van der Waals surface area contributed by atoms with Crippen molar-refractivity contribution in [3.63, 3.8) is 0 Å². The molecule has 1 aliphatic heterocycles. The Morgan fingerprint density at radius 3 is 2.74 bits per heavy atom. The maximum absolute atomic E-state index is 12.2. The summed E-state index contributed by atoms with van der Waals surface area (Å²) in [4.78, 5) is 37.2. The summed E-state index contributed by atoms with van der Waals surface area (Å²) in [5.41, 5.74) is -0.844. The number of methoxy groups -OCH3 is 1. The van der Waals surface area contributed by atoms with E-state index in [1.54, 1.807) is 13.8 Å². The van der Waals surface area contributed by atoms with Crippen LogP contribution in [0, 0.1) is 6.92 Å². The molecule has 0 aliphatic carbocycles. The highest BCUT2D eigenvalue weighted by molar-refractivity contribution is 5.66. The van der Waals surface area contributed by atoms with Crippen LogP contribution in [0.5, 0.6) is 0 Å². The van der Waals surface area contributed by atoms with Crippen LogP contribution in [-0.4, -0.2) is 65.4 Å². The zero-order chi connectivity index (χ0) is 20.1. The summed E-state index contributed by atoms with van der Waals surface area (Å²) in [5, 5.41) is 10.7. The van der Waals surface area contributed by atoms with Crippen molar-refractivity contribution in [1.82, 2.24) is 9.55 Å². The molecule has 1 aliphatic rings. The van der Waals surface area contributed by atoms with Crippen LogP contribution in [-0.2, 0) is 23.7 Å². The molecule has 0 amide bonds. The summed E-state index contributed by atoms with van der Waals surface area (Å²) in [6.45, 7) is 5.01. The Balaban J connectivity index is 2.26. The van der Waals surface area contributed by atoms with Gasteiger partial charge in [0, 0.05) is 32.2 Å². The second-order valence-electron chi connectivity index (χ2n) is 6.52. The molecule has 0 radical (unpaired) electrons. The highest BCUT2D eigenvalue weighted by Crippen LogP contribution is 2.33. The topological polar surface area (TPSA) is 129 Å². The third-order valence-electron chi connectivity index (χ3n) is 4.26. The summed E-state index contributed by atoms with van der Waals surface area (Å²) in [6.07, 6.45) is -2.51. The van der Waals surface area contributed by atoms with Gasteiger partial charge in [-0.05, 0) is 13.8 Å². The normalized spacial score (nSPS) is 26.1. The minimum Gasteiger partial charge on any atom is -0.463 e. The van der Waals surface area contributed by atoms with E-state index in [0.717, 1.165) is 0 Å². The molecule has 10 nitrogen and oxygen atoms in total. The second-order valence-corrected chi connectivity index (χ2v) is 6.52. The fraction of sp³-hybridized carbons (Fsp3) is 0.706. The number of aliphatic hydroxyl groups excluding tert-OH is 1. The van der Waals surface area contributed by atoms with Gasteiger partial charge in [0.15, 0.2) is 6.23 Å². The Labute approximate surface area is 156 Å². The first-order valence-corrected chi connectivity index (χ1v) is 8.68. The molecule has 2 rings (SSSR count). The number of ether oxygens (including phenoxy) is 4. The van der Waals surface area contributed by atoms with E-state index in [0.29, 0.717) is 12.2 Å². The van der Waals surface area contributed by atoms with Gasteiger partial charge in [0.1, 0.15) is 18.3 Å². The first kappa shape index (κ1) is 21.3. The van der Waals surface area contributed by atoms with Crippen molar-refractivity contribution >= 4 is 5.97 Å². The summed E-state index contributed by atoms with van der Waals surface area (Å²) in [7, 11) is 1.52. The molecule has 0 bridgehead atoms. The van der Waals surface area contributed by atoms with E-state index < -0.39 is 47.9 Å². The molecule has 0 aromatic carbocycles. The van der Waals surface area contributed by atoms with E-state index in [-0.39, 0.29) is 13.0 Å². The minimum atomic E-state index is -1.07. The van der Waals surface area contributed by atoms with E-state index in [1.165, 1.54) is 24.8 Å². The first-order chi connectivity index (χ1) is 12.7. The molecule has 0 spiro atoms. The SMILES string of the molecule is COCCOC1C(O)C(CC(C)OC(C)=O)OC1n1cc(C)c(=O)[nH]c1=O. The quantitative estimate of drug-likeness (QED) is 0.451. The van der Waals surface area contributed by atoms with Crippen molar-refractivity contribution in [2.45, 2.75) is 57.8 Å². The molecule has 1 aromatic heterocycles. The van der Waals surface area contributed by atoms with Crippen molar-refractivity contribution in [2.24, 2.45) is 0 Å². The van der Waals surface area contributed by atoms with Gasteiger partial charge in [-0.2, -0.15) is 0 Å². The number of aryl methyl sites for hydroxylation is 1. The van der Waals surface area contributed by atoms with Gasteiger partial charge in [-0.1, -0.05) is 0 Å². The zero-order valence-electron chi connectivity index (χ0n) is 15.8. The number of esters is 1. The Hall–Kier alpha value is -2.01. The Kier molecular flexibility index (Phi) is 7.31. The Morgan fingerprint density at radius 2 is 2.11 bits per heavy atom. The summed E-state index contributed by atoms with van der Waals surface area (Å²) in [6, 6.07) is 0. The molecule has 1 saturated heterocycles. The van der Waals surface area contributed by atoms with E-state index in [2.05, 4.69) is 4.98 Å². The number of H-pyrrole nitrogens is 1. The van der Waals surface area contributed by atoms with Crippen molar-refractivity contribution in [3.05, 3.63) is 32.6 Å². The average molecular weight is 386 g/mol. The third kappa shape index (κ3) is 5.25. The lowest BCUT2D eigenvalue weighted by molar-refractivity contribution is -0.148. The molecule has 5 atom stereocenters. The smallest absolute Gasteiger partial charge is 0.330 e. The lowest BCUT2D eigenvalue weighted by Gasteiger charge is -2.22. The molecular formula is C17H26N2O8. The number of hydrogen-bond donors (Lipinski definition) is 2. The molecule has 0 saturated carbocycles. The van der Waals surface area contributed by atoms with E-state index >= 15 is 0 Å². The molecule has 2 N–H and O–H groups in total. The van der Waals surface area contributed by atoms with E-state index in [1.807, 2.05) is 0 Å². The van der Waals surface area contributed by atoms with Crippen LogP contribution < -0.4 is 11.2 Å². The maximum atomic E-state index is 12.2. The van der Waals surface area contributed by atoms with Crippen molar-refractivity contribution in [2.75, 3.05) is 20.3 Å². The van der Waals surface area contributed by atoms with Crippen LogP contribution in [0.1, 0.15) is 32.1 Å². The monoisotopic (exact) mass is 386 g/mol. The fourth-order valence-corrected chi connectivity index (χ4v) is 3.02. The van der Waals surface area contributed by atoms with Crippen LogP contribution in [0.4, 0.5) is 0 Å². The largest absolute Gasteiger partial charge is 0.463 e. The molecule has 1 fully saturated rings. The molecule has 1 aromatic rings. The number of hydrogen-bond acceptors (Lipinski definition) is 8. The zero-order valence-corrected chi connectivity index (χ0v) is 15.8. The molecule has 2 heterocycles. The molecule has 5 unspecified atom stereocenters. The maximum Gasteiger partial charge on any atom is 0.330 e. The number of carbonyl (C=O) groups excluding carboxylic acids is 1. The number of carbonyl (C=O) groups is 1. The third-order valence-corrected chi connectivity index (χ3v) is 4.26. The standard InChI is InChI=1S/C17H26N2O8/c1-9-8-19(17(23)18-15(9)22)16-14(25-6-5-24-4)13(21)12(27-16)7-10(2)26-11(3)20/h8,10,12-14,16,21H,5-7H2,1-4H3,(H,18,22,23). The van der Waals surface area contributed by atoms with Crippen molar-refractivity contribution in [1.29, 1.82) is 0 Å². The fourth-order valence-electron chi connectivity index (χ4n) is 3.02. The van der Waals surface area contributed by atoms with Crippen LogP contribution in [0.25, 0.3) is 0 Å². The van der Waals surface area contributed by atoms with Crippen LogP contribution in [0.2, 0.25) is 0 Å². The van der Waals surface area contributed by atoms with Gasteiger partial charge in [0.05, 0.1) is 19.3 Å². The predicted molar refractivity (Wildman–Crippen MR) is 93.4 cm³/mol. The van der Waals surface area contributed by atoms with Gasteiger partial charge in [-0.15, -0.1) is 0 Å². The molecule has 10 heteroatoms. The van der Waals surface area contributed by atoms with Gasteiger partial charge in [-0.25, -0.2) is 4.79 Å². The summed E-state index contributed by atoms with van der Waals surface area (Å²) >= 11 is 0. The highest BCUT2D eigenvalue weighted by Gasteiger charge is 2.46. The first-order valence-electron chi connectivity index (χ1n) is 8.68. The lowest BCUT2D eigenvalue weighted by Crippen LogP contribution is -2.40. The van der Waals surface area contributed by atoms with Crippen LogP contribution >= 0.6 is 0 Å². The van der Waals surface area contributed by atoms with Gasteiger partial charge in [0.2, 0.25) is 0 Å². The second kappa shape index (κ2) is 9.27. The molecular weight excluding hydrogens is 360 g/mol. The molecule has 152 valence electrons. The number of nitrogens with zero attached hydrogens (tertiary/aromatic N) is 1.